The molecule has 10 heteroatoms. The van der Waals surface area contributed by atoms with E-state index < -0.39 is 9.84 Å². The molecule has 0 saturated carbocycles. The van der Waals surface area contributed by atoms with Gasteiger partial charge in [0.1, 0.15) is 5.76 Å². The molecule has 0 bridgehead atoms. The second-order valence-corrected chi connectivity index (χ2v) is 11.3. The smallest absolute Gasteiger partial charge is 0.228 e. The van der Waals surface area contributed by atoms with Gasteiger partial charge in [-0.3, -0.25) is 4.57 Å². The molecule has 3 aromatic rings. The van der Waals surface area contributed by atoms with E-state index in [9.17, 15) is 8.42 Å². The molecular formula is C21H25ClN4O3S2. The molecule has 31 heavy (non-hydrogen) atoms. The fraction of sp³-hybridized carbons (Fsp3) is 0.429. The number of rotatable bonds is 8. The lowest BCUT2D eigenvalue weighted by Gasteiger charge is -2.31. The Balaban J connectivity index is 1.49. The van der Waals surface area contributed by atoms with Crippen molar-refractivity contribution >= 4 is 39.1 Å². The Hall–Kier alpha value is -1.97. The van der Waals surface area contributed by atoms with Crippen LogP contribution in [-0.2, 0) is 16.4 Å². The van der Waals surface area contributed by atoms with Gasteiger partial charge in [0.2, 0.25) is 5.95 Å². The van der Waals surface area contributed by atoms with E-state index in [2.05, 4.69) is 22.0 Å². The molecule has 1 aliphatic heterocycles. The second-order valence-electron chi connectivity index (χ2n) is 7.74. The zero-order valence-electron chi connectivity index (χ0n) is 17.3. The van der Waals surface area contributed by atoms with Crippen LogP contribution < -0.4 is 4.90 Å². The summed E-state index contributed by atoms with van der Waals surface area (Å²) in [6, 6.07) is 10.0. The molecule has 0 aliphatic carbocycles. The van der Waals surface area contributed by atoms with Gasteiger partial charge in [-0.25, -0.2) is 8.42 Å². The normalized spacial score (nSPS) is 15.5. The third-order valence-corrected chi connectivity index (χ3v) is 8.62. The first-order valence-electron chi connectivity index (χ1n) is 10.2. The average molecular weight is 481 g/mol. The molecule has 1 aromatic carbocycles. The van der Waals surface area contributed by atoms with Crippen LogP contribution in [0.3, 0.4) is 0 Å². The minimum Gasteiger partial charge on any atom is -0.467 e. The second kappa shape index (κ2) is 9.67. The van der Waals surface area contributed by atoms with Crippen LogP contribution in [0.2, 0.25) is 5.02 Å². The Kier molecular flexibility index (Phi) is 6.93. The van der Waals surface area contributed by atoms with Gasteiger partial charge in [0.15, 0.2) is 15.0 Å². The SMILES string of the molecule is CC1CCN(c2nnc(SCCS(=O)(=O)c3ccc(Cl)cc3)n2Cc2ccco2)CC1. The monoisotopic (exact) mass is 480 g/mol. The summed E-state index contributed by atoms with van der Waals surface area (Å²) < 4.78 is 32.8. The maximum absolute atomic E-state index is 12.6. The van der Waals surface area contributed by atoms with Crippen molar-refractivity contribution in [1.29, 1.82) is 0 Å². The van der Waals surface area contributed by atoms with Gasteiger partial charge < -0.3 is 9.32 Å². The summed E-state index contributed by atoms with van der Waals surface area (Å²) in [4.78, 5) is 2.53. The van der Waals surface area contributed by atoms with Crippen molar-refractivity contribution in [3.63, 3.8) is 0 Å². The number of benzene rings is 1. The summed E-state index contributed by atoms with van der Waals surface area (Å²) in [6.07, 6.45) is 3.89. The number of anilines is 1. The molecular weight excluding hydrogens is 456 g/mol. The van der Waals surface area contributed by atoms with Crippen molar-refractivity contribution < 1.29 is 12.8 Å². The summed E-state index contributed by atoms with van der Waals surface area (Å²) >= 11 is 7.26. The van der Waals surface area contributed by atoms with E-state index in [1.54, 1.807) is 18.4 Å². The van der Waals surface area contributed by atoms with Crippen molar-refractivity contribution in [3.05, 3.63) is 53.4 Å². The van der Waals surface area contributed by atoms with Crippen molar-refractivity contribution in [1.82, 2.24) is 14.8 Å². The van der Waals surface area contributed by atoms with E-state index in [-0.39, 0.29) is 10.6 Å². The highest BCUT2D eigenvalue weighted by Crippen LogP contribution is 2.27. The number of sulfone groups is 1. The van der Waals surface area contributed by atoms with Gasteiger partial charge in [0.25, 0.3) is 0 Å². The van der Waals surface area contributed by atoms with Crippen molar-refractivity contribution in [2.45, 2.75) is 36.4 Å². The molecule has 0 radical (unpaired) electrons. The van der Waals surface area contributed by atoms with Crippen LogP contribution >= 0.6 is 23.4 Å². The van der Waals surface area contributed by atoms with Crippen LogP contribution in [0, 0.1) is 5.92 Å². The van der Waals surface area contributed by atoms with Crippen LogP contribution in [-0.4, -0.2) is 47.8 Å². The predicted octanol–water partition coefficient (Wildman–Crippen LogP) is 4.38. The van der Waals surface area contributed by atoms with Crippen LogP contribution in [0.25, 0.3) is 0 Å². The Morgan fingerprint density at radius 3 is 2.58 bits per heavy atom. The fourth-order valence-corrected chi connectivity index (χ4v) is 6.24. The highest BCUT2D eigenvalue weighted by atomic mass is 35.5. The molecule has 7 nitrogen and oxygen atoms in total. The quantitative estimate of drug-likeness (QED) is 0.442. The lowest BCUT2D eigenvalue weighted by atomic mass is 10.00. The molecule has 0 spiro atoms. The predicted molar refractivity (Wildman–Crippen MR) is 123 cm³/mol. The van der Waals surface area contributed by atoms with Gasteiger partial charge in [0.05, 0.1) is 23.5 Å². The van der Waals surface area contributed by atoms with Gasteiger partial charge >= 0.3 is 0 Å². The molecule has 1 fully saturated rings. The molecule has 0 amide bonds. The molecule has 0 unspecified atom stereocenters. The highest BCUT2D eigenvalue weighted by molar-refractivity contribution is 8.00. The fourth-order valence-electron chi connectivity index (χ4n) is 3.53. The number of hydrogen-bond donors (Lipinski definition) is 0. The number of aromatic nitrogens is 3. The van der Waals surface area contributed by atoms with Crippen LogP contribution in [0.4, 0.5) is 5.95 Å². The van der Waals surface area contributed by atoms with Crippen molar-refractivity contribution in [3.8, 4) is 0 Å². The van der Waals surface area contributed by atoms with E-state index in [4.69, 9.17) is 16.0 Å². The molecule has 4 rings (SSSR count). The largest absolute Gasteiger partial charge is 0.467 e. The molecule has 166 valence electrons. The molecule has 1 saturated heterocycles. The zero-order chi connectivity index (χ0) is 21.8. The Morgan fingerprint density at radius 2 is 1.90 bits per heavy atom. The lowest BCUT2D eigenvalue weighted by Crippen LogP contribution is -2.35. The number of nitrogens with zero attached hydrogens (tertiary/aromatic N) is 4. The highest BCUT2D eigenvalue weighted by Gasteiger charge is 2.24. The summed E-state index contributed by atoms with van der Waals surface area (Å²) in [5.74, 6) is 2.71. The van der Waals surface area contributed by atoms with Gasteiger partial charge in [-0.05, 0) is 55.2 Å². The van der Waals surface area contributed by atoms with E-state index in [0.717, 1.165) is 37.6 Å². The van der Waals surface area contributed by atoms with Crippen LogP contribution in [0.1, 0.15) is 25.5 Å². The van der Waals surface area contributed by atoms with Crippen molar-refractivity contribution in [2.24, 2.45) is 5.92 Å². The first-order chi connectivity index (χ1) is 14.9. The lowest BCUT2D eigenvalue weighted by molar-refractivity contribution is 0.427. The van der Waals surface area contributed by atoms with E-state index in [1.807, 2.05) is 16.7 Å². The van der Waals surface area contributed by atoms with E-state index in [0.29, 0.717) is 28.4 Å². The first-order valence-corrected chi connectivity index (χ1v) is 13.3. The standard InChI is InChI=1S/C21H25ClN4O3S2/c1-16-8-10-25(11-9-16)20-23-24-21(26(20)15-18-3-2-12-29-18)30-13-14-31(27,28)19-6-4-17(22)5-7-19/h2-7,12,16H,8-11,13-15H2,1H3. The molecule has 1 aliphatic rings. The average Bonchev–Trinajstić information content (AvgIpc) is 3.40. The van der Waals surface area contributed by atoms with Crippen LogP contribution in [0.5, 0.6) is 0 Å². The van der Waals surface area contributed by atoms with Crippen molar-refractivity contribution in [2.75, 3.05) is 29.5 Å². The van der Waals surface area contributed by atoms with Gasteiger partial charge in [-0.15, -0.1) is 10.2 Å². The molecule has 3 heterocycles. The van der Waals surface area contributed by atoms with E-state index in [1.165, 1.54) is 23.9 Å². The maximum atomic E-state index is 12.6. The van der Waals surface area contributed by atoms with Gasteiger partial charge in [-0.2, -0.15) is 0 Å². The third-order valence-electron chi connectivity index (χ3n) is 5.41. The minimum absolute atomic E-state index is 0.00345. The summed E-state index contributed by atoms with van der Waals surface area (Å²) in [7, 11) is -3.40. The third kappa shape index (κ3) is 5.45. The number of halogens is 1. The van der Waals surface area contributed by atoms with Gasteiger partial charge in [-0.1, -0.05) is 30.3 Å². The number of furan rings is 1. The molecule has 0 atom stereocenters. The maximum Gasteiger partial charge on any atom is 0.228 e. The minimum atomic E-state index is -3.40. The summed E-state index contributed by atoms with van der Waals surface area (Å²) in [6.45, 7) is 4.65. The number of piperidine rings is 1. The number of hydrogen-bond acceptors (Lipinski definition) is 7. The Bertz CT molecular complexity index is 1090. The molecule has 0 N–H and O–H groups in total. The van der Waals surface area contributed by atoms with Crippen LogP contribution in [0.15, 0.2) is 57.1 Å². The topological polar surface area (TPSA) is 81.2 Å². The Morgan fingerprint density at radius 1 is 1.16 bits per heavy atom. The first kappa shape index (κ1) is 22.2. The van der Waals surface area contributed by atoms with E-state index >= 15 is 0 Å². The Labute approximate surface area is 191 Å². The summed E-state index contributed by atoms with van der Waals surface area (Å²) in [5, 5.41) is 10.0. The summed E-state index contributed by atoms with van der Waals surface area (Å²) in [5.41, 5.74) is 0. The zero-order valence-corrected chi connectivity index (χ0v) is 19.7. The molecule has 2 aromatic heterocycles. The number of thioether (sulfide) groups is 1. The van der Waals surface area contributed by atoms with Gasteiger partial charge in [0, 0.05) is 23.9 Å².